The Labute approximate surface area is 207 Å². The largest absolute Gasteiger partial charge is 0.481 e. The molecule has 6 N–H and O–H groups in total. The van der Waals surface area contributed by atoms with Crippen LogP contribution in [0.2, 0.25) is 0 Å². The van der Waals surface area contributed by atoms with E-state index < -0.39 is 46.8 Å². The molecule has 16 heteroatoms. The maximum absolute atomic E-state index is 11.8. The van der Waals surface area contributed by atoms with E-state index in [-0.39, 0.29) is 0 Å². The minimum absolute atomic E-state index is 0.404. The topological polar surface area (TPSA) is 206 Å². The van der Waals surface area contributed by atoms with Gasteiger partial charge in [0.05, 0.1) is 12.0 Å². The van der Waals surface area contributed by atoms with Crippen LogP contribution < -0.4 is 5.32 Å². The highest BCUT2D eigenvalue weighted by Gasteiger charge is 2.46. The monoisotopic (exact) mass is 550 g/mol. The summed E-state index contributed by atoms with van der Waals surface area (Å²) < 4.78 is 38.3. The third kappa shape index (κ3) is 4.37. The summed E-state index contributed by atoms with van der Waals surface area (Å²) >= 11 is 0. The van der Waals surface area contributed by atoms with E-state index in [4.69, 9.17) is 14.5 Å². The summed E-state index contributed by atoms with van der Waals surface area (Å²) in [7, 11) is -10.5. The fraction of sp³-hybridized carbons (Fsp3) is 0.238. The second-order valence-electron chi connectivity index (χ2n) is 8.62. The molecule has 14 nitrogen and oxygen atoms in total. The first kappa shape index (κ1) is 24.6. The molecule has 2 aliphatic rings. The lowest BCUT2D eigenvalue weighted by Crippen LogP contribution is -2.33. The van der Waals surface area contributed by atoms with Gasteiger partial charge < -0.3 is 39.5 Å². The summed E-state index contributed by atoms with van der Waals surface area (Å²) in [4.78, 5) is 35.7. The van der Waals surface area contributed by atoms with E-state index in [0.29, 0.717) is 16.9 Å². The Morgan fingerprint density at radius 1 is 1.03 bits per heavy atom. The maximum atomic E-state index is 11.8. The Morgan fingerprint density at radius 2 is 1.76 bits per heavy atom. The molecule has 37 heavy (non-hydrogen) atoms. The van der Waals surface area contributed by atoms with Gasteiger partial charge in [-0.3, -0.25) is 4.52 Å². The van der Waals surface area contributed by atoms with Gasteiger partial charge in [0.25, 0.3) is 0 Å². The third-order valence-electron chi connectivity index (χ3n) is 6.26. The normalized spacial score (nSPS) is 24.7. The zero-order chi connectivity index (χ0) is 26.1. The predicted molar refractivity (Wildman–Crippen MR) is 129 cm³/mol. The number of anilines is 2. The molecule has 1 fully saturated rings. The van der Waals surface area contributed by atoms with Gasteiger partial charge in [-0.25, -0.2) is 19.1 Å². The minimum atomic E-state index is -5.32. The molecule has 0 bridgehead atoms. The molecule has 4 aromatic rings. The van der Waals surface area contributed by atoms with E-state index in [2.05, 4.69) is 24.1 Å². The number of fused-ring (bicyclic) bond motifs is 3. The fourth-order valence-electron chi connectivity index (χ4n) is 4.69. The molecule has 2 aromatic heterocycles. The van der Waals surface area contributed by atoms with Crippen molar-refractivity contribution in [2.45, 2.75) is 24.5 Å². The number of aliphatic hydroxyl groups is 2. The molecule has 2 aromatic carbocycles. The molecular weight excluding hydrogens is 530 g/mol. The van der Waals surface area contributed by atoms with Gasteiger partial charge in [-0.05, 0) is 22.9 Å². The minimum Gasteiger partial charge on any atom is -0.387 e. The predicted octanol–water partition coefficient (Wildman–Crippen LogP) is 2.15. The van der Waals surface area contributed by atoms with Crippen molar-refractivity contribution >= 4 is 49.0 Å². The highest BCUT2D eigenvalue weighted by molar-refractivity contribution is 7.60. The number of hydrogen-bond acceptors (Lipinski definition) is 10. The maximum Gasteiger partial charge on any atom is 0.481 e. The standard InChI is InChI=1S/C21H20N4O10P2/c26-17-15(8-33-37(31,32)35-36(28,29)30)34-21(18(17)27)25-7-13-12-5-10-3-1-2-4-11(10)6-14(12)24-19-16(13)20(25)23-9-22-19/h1-7,9,15,17-18,21,26-27H,8H2,(H,31,32)(H,22,23,24)(H2,28,29,30)/t15-,17+,18?,21-/m1/s1. The summed E-state index contributed by atoms with van der Waals surface area (Å²) in [5.74, 6) is 0.547. The quantitative estimate of drug-likeness (QED) is 0.168. The number of rotatable bonds is 6. The van der Waals surface area contributed by atoms with E-state index in [0.717, 1.165) is 27.6 Å². The van der Waals surface area contributed by atoms with Crippen LogP contribution in [0.5, 0.6) is 0 Å². The number of hydrogen-bond donors (Lipinski definition) is 6. The zero-order valence-corrected chi connectivity index (χ0v) is 20.4. The van der Waals surface area contributed by atoms with Gasteiger partial charge in [0.15, 0.2) is 6.23 Å². The number of phosphoric acid groups is 2. The van der Waals surface area contributed by atoms with Crippen LogP contribution in [0.15, 0.2) is 48.9 Å². The lowest BCUT2D eigenvalue weighted by Gasteiger charge is -2.18. The molecule has 6 rings (SSSR count). The second-order valence-corrected chi connectivity index (χ2v) is 11.5. The van der Waals surface area contributed by atoms with E-state index in [1.807, 2.05) is 36.4 Å². The van der Waals surface area contributed by atoms with E-state index in [1.54, 1.807) is 6.20 Å². The van der Waals surface area contributed by atoms with Crippen molar-refractivity contribution < 1.29 is 47.6 Å². The molecule has 0 spiro atoms. The van der Waals surface area contributed by atoms with E-state index in [1.165, 1.54) is 10.9 Å². The first-order valence-electron chi connectivity index (χ1n) is 10.9. The molecule has 4 heterocycles. The van der Waals surface area contributed by atoms with E-state index in [9.17, 15) is 24.2 Å². The SMILES string of the molecule is O=P(O)(O)OP(=O)(O)OC[C@H]1O[C@@H](n2cc3c4c(ncnc42)Nc2cc4ccccc4cc2-3)C(O)[C@H]1O. The van der Waals surface area contributed by atoms with Crippen molar-refractivity contribution in [1.29, 1.82) is 0 Å². The molecule has 0 amide bonds. The molecular formula is C21H20N4O10P2. The smallest absolute Gasteiger partial charge is 0.387 e. The van der Waals surface area contributed by atoms with Crippen LogP contribution in [0, 0.1) is 0 Å². The summed E-state index contributed by atoms with van der Waals surface area (Å²) in [5, 5.41) is 27.3. The van der Waals surface area contributed by atoms with Crippen molar-refractivity contribution in [3.63, 3.8) is 0 Å². The van der Waals surface area contributed by atoms with Crippen molar-refractivity contribution in [2.75, 3.05) is 11.9 Å². The number of aliphatic hydroxyl groups excluding tert-OH is 2. The van der Waals surface area contributed by atoms with Gasteiger partial charge in [-0.2, -0.15) is 4.31 Å². The Kier molecular flexibility index (Phi) is 5.75. The lowest BCUT2D eigenvalue weighted by molar-refractivity contribution is -0.0500. The second kappa shape index (κ2) is 8.65. The average Bonchev–Trinajstić information content (AvgIpc) is 3.34. The first-order valence-corrected chi connectivity index (χ1v) is 13.9. The zero-order valence-electron chi connectivity index (χ0n) is 18.6. The fourth-order valence-corrected chi connectivity index (χ4v) is 6.29. The van der Waals surface area contributed by atoms with Gasteiger partial charge >= 0.3 is 15.6 Å². The number of nitrogens with zero attached hydrogens (tertiary/aromatic N) is 3. The van der Waals surface area contributed by atoms with Crippen molar-refractivity contribution in [3.8, 4) is 11.1 Å². The first-order chi connectivity index (χ1) is 17.5. The Morgan fingerprint density at radius 3 is 2.49 bits per heavy atom. The van der Waals surface area contributed by atoms with Gasteiger partial charge in [0.1, 0.15) is 36.1 Å². The number of aromatic nitrogens is 3. The summed E-state index contributed by atoms with van der Waals surface area (Å²) in [5.41, 5.74) is 2.87. The summed E-state index contributed by atoms with van der Waals surface area (Å²) in [6, 6.07) is 11.9. The van der Waals surface area contributed by atoms with Crippen LogP contribution in [0.4, 0.5) is 11.5 Å². The molecule has 0 aliphatic carbocycles. The summed E-state index contributed by atoms with van der Waals surface area (Å²) in [6.07, 6.45) is -2.51. The lowest BCUT2D eigenvalue weighted by atomic mass is 9.97. The molecule has 0 saturated carbocycles. The van der Waals surface area contributed by atoms with Gasteiger partial charge in [-0.15, -0.1) is 0 Å². The van der Waals surface area contributed by atoms with Crippen LogP contribution >= 0.6 is 15.6 Å². The molecule has 2 aliphatic heterocycles. The number of ether oxygens (including phenoxy) is 1. The van der Waals surface area contributed by atoms with Crippen molar-refractivity contribution in [2.24, 2.45) is 0 Å². The van der Waals surface area contributed by atoms with Crippen molar-refractivity contribution in [3.05, 3.63) is 48.9 Å². The van der Waals surface area contributed by atoms with Gasteiger partial charge in [-0.1, -0.05) is 24.3 Å². The summed E-state index contributed by atoms with van der Waals surface area (Å²) in [6.45, 7) is -0.800. The molecule has 2 unspecified atom stereocenters. The highest BCUT2D eigenvalue weighted by atomic mass is 31.3. The van der Waals surface area contributed by atoms with Crippen LogP contribution in [0.1, 0.15) is 6.23 Å². The Hall–Kier alpha value is -2.74. The van der Waals surface area contributed by atoms with Crippen LogP contribution in [-0.4, -0.2) is 64.3 Å². The molecule has 1 saturated heterocycles. The third-order valence-corrected chi connectivity index (χ3v) is 8.41. The van der Waals surface area contributed by atoms with Crippen LogP contribution in [0.25, 0.3) is 32.9 Å². The number of phosphoric ester groups is 1. The number of nitrogens with one attached hydrogen (secondary N) is 1. The van der Waals surface area contributed by atoms with Crippen LogP contribution in [-0.2, 0) is 22.7 Å². The Bertz CT molecular complexity index is 1640. The molecule has 5 atom stereocenters. The van der Waals surface area contributed by atoms with Gasteiger partial charge in [0, 0.05) is 23.0 Å². The van der Waals surface area contributed by atoms with E-state index >= 15 is 0 Å². The average molecular weight is 550 g/mol. The van der Waals surface area contributed by atoms with Crippen LogP contribution in [0.3, 0.4) is 0 Å². The molecule has 194 valence electrons. The molecule has 0 radical (unpaired) electrons. The van der Waals surface area contributed by atoms with Crippen molar-refractivity contribution in [1.82, 2.24) is 14.5 Å². The highest BCUT2D eigenvalue weighted by Crippen LogP contribution is 2.57. The number of benzene rings is 2. The van der Waals surface area contributed by atoms with Gasteiger partial charge in [0.2, 0.25) is 0 Å². The Balaban J connectivity index is 1.35.